The number of unbranched alkanes of at least 4 members (excludes halogenated alkanes) is 41. The van der Waals surface area contributed by atoms with Gasteiger partial charge in [0.15, 0.2) is 12.2 Å². The van der Waals surface area contributed by atoms with Gasteiger partial charge < -0.3 is 33.8 Å². The molecule has 0 heterocycles. The van der Waals surface area contributed by atoms with Crippen molar-refractivity contribution in [3.05, 3.63) is 0 Å². The van der Waals surface area contributed by atoms with E-state index in [4.69, 9.17) is 37.0 Å². The van der Waals surface area contributed by atoms with Gasteiger partial charge in [0.2, 0.25) is 0 Å². The highest BCUT2D eigenvalue weighted by atomic mass is 31.2. The van der Waals surface area contributed by atoms with E-state index < -0.39 is 97.5 Å². The average molecular weight is 1300 g/mol. The van der Waals surface area contributed by atoms with E-state index in [1.807, 2.05) is 0 Å². The lowest BCUT2D eigenvalue weighted by molar-refractivity contribution is -0.161. The first-order valence-electron chi connectivity index (χ1n) is 36.1. The van der Waals surface area contributed by atoms with Crippen molar-refractivity contribution >= 4 is 39.5 Å². The summed E-state index contributed by atoms with van der Waals surface area (Å²) in [6.45, 7) is 7.23. The second-order valence-electron chi connectivity index (χ2n) is 25.4. The number of hydrogen-bond acceptors (Lipinski definition) is 15. The lowest BCUT2D eigenvalue weighted by atomic mass is 10.0. The number of ether oxygens (including phenoxy) is 4. The largest absolute Gasteiger partial charge is 0.472 e. The molecule has 522 valence electrons. The minimum Gasteiger partial charge on any atom is -0.462 e. The van der Waals surface area contributed by atoms with Gasteiger partial charge in [0.1, 0.15) is 19.3 Å². The molecule has 3 N–H and O–H groups in total. The zero-order valence-corrected chi connectivity index (χ0v) is 58.6. The molecule has 0 fully saturated rings. The van der Waals surface area contributed by atoms with Crippen LogP contribution in [0.2, 0.25) is 0 Å². The standard InChI is InChI=1S/C69H134O17P2/c1-6-9-12-15-18-21-22-23-26-29-34-38-43-48-53-67(72)80-59-65(86-69(74)55-50-45-40-35-30-27-24-25-28-33-36-41-46-51-62(4)5)61-84-88(77,78)82-57-63(70)56-81-87(75,76)83-60-64(85-68(73)54-49-44-39-32-20-17-14-11-8-3)58-79-66(71)52-47-42-37-31-19-16-13-10-7-2/h62-65,70H,6-61H2,1-5H3,(H,75,76)(H,77,78)/t63-,64+,65+/m0/s1. The molecule has 0 aromatic rings. The Morgan fingerprint density at radius 2 is 0.523 bits per heavy atom. The predicted molar refractivity (Wildman–Crippen MR) is 354 cm³/mol. The van der Waals surface area contributed by atoms with Crippen LogP contribution >= 0.6 is 15.6 Å². The molecule has 0 radical (unpaired) electrons. The molecule has 5 atom stereocenters. The van der Waals surface area contributed by atoms with Crippen LogP contribution in [0.5, 0.6) is 0 Å². The highest BCUT2D eigenvalue weighted by Gasteiger charge is 2.30. The summed E-state index contributed by atoms with van der Waals surface area (Å²) in [7, 11) is -9.89. The number of phosphoric ester groups is 2. The summed E-state index contributed by atoms with van der Waals surface area (Å²) in [6.07, 6.45) is 48.5. The van der Waals surface area contributed by atoms with Crippen LogP contribution in [-0.4, -0.2) is 96.7 Å². The smallest absolute Gasteiger partial charge is 0.462 e. The molecule has 0 spiro atoms. The molecule has 0 aromatic heterocycles. The molecule has 0 saturated heterocycles. The third-order valence-corrected chi connectivity index (χ3v) is 17.9. The van der Waals surface area contributed by atoms with E-state index in [9.17, 15) is 43.2 Å². The monoisotopic (exact) mass is 1300 g/mol. The lowest BCUT2D eigenvalue weighted by Crippen LogP contribution is -2.30. The molecular formula is C69H134O17P2. The summed E-state index contributed by atoms with van der Waals surface area (Å²) in [6, 6.07) is 0. The molecule has 0 aliphatic carbocycles. The molecule has 0 amide bonds. The van der Waals surface area contributed by atoms with Crippen LogP contribution in [0.3, 0.4) is 0 Å². The van der Waals surface area contributed by atoms with Gasteiger partial charge in [-0.1, -0.05) is 304 Å². The van der Waals surface area contributed by atoms with Crippen LogP contribution in [0, 0.1) is 5.92 Å². The Labute approximate surface area is 537 Å². The van der Waals surface area contributed by atoms with Crippen molar-refractivity contribution in [2.75, 3.05) is 39.6 Å². The summed E-state index contributed by atoms with van der Waals surface area (Å²) in [5.41, 5.74) is 0. The van der Waals surface area contributed by atoms with Crippen molar-refractivity contribution in [3.8, 4) is 0 Å². The molecule has 19 heteroatoms. The topological polar surface area (TPSA) is 237 Å². The summed E-state index contributed by atoms with van der Waals surface area (Å²) < 4.78 is 68.2. The van der Waals surface area contributed by atoms with Gasteiger partial charge in [0.05, 0.1) is 26.4 Å². The maximum Gasteiger partial charge on any atom is 0.472 e. The molecule has 88 heavy (non-hydrogen) atoms. The third kappa shape index (κ3) is 62.8. The Kier molecular flexibility index (Phi) is 61.1. The Morgan fingerprint density at radius 1 is 0.307 bits per heavy atom. The van der Waals surface area contributed by atoms with Gasteiger partial charge in [-0.25, -0.2) is 9.13 Å². The van der Waals surface area contributed by atoms with Gasteiger partial charge in [-0.2, -0.15) is 0 Å². The summed E-state index contributed by atoms with van der Waals surface area (Å²) in [5, 5.41) is 10.6. The highest BCUT2D eigenvalue weighted by Crippen LogP contribution is 2.45. The number of esters is 4. The second-order valence-corrected chi connectivity index (χ2v) is 28.3. The predicted octanol–water partition coefficient (Wildman–Crippen LogP) is 19.7. The first-order chi connectivity index (χ1) is 42.5. The molecule has 17 nitrogen and oxygen atoms in total. The minimum absolute atomic E-state index is 0.106. The summed E-state index contributed by atoms with van der Waals surface area (Å²) >= 11 is 0. The van der Waals surface area contributed by atoms with Gasteiger partial charge in [0, 0.05) is 25.7 Å². The fourth-order valence-electron chi connectivity index (χ4n) is 10.5. The maximum atomic E-state index is 13.0. The number of phosphoric acid groups is 2. The molecule has 0 saturated carbocycles. The lowest BCUT2D eigenvalue weighted by Gasteiger charge is -2.21. The molecule has 0 aromatic carbocycles. The second kappa shape index (κ2) is 62.5. The first-order valence-corrected chi connectivity index (χ1v) is 39.1. The normalized spacial score (nSPS) is 14.1. The molecule has 0 aliphatic rings. The van der Waals surface area contributed by atoms with Crippen LogP contribution in [0.25, 0.3) is 0 Å². The molecule has 0 aliphatic heterocycles. The van der Waals surface area contributed by atoms with Crippen LogP contribution in [-0.2, 0) is 65.4 Å². The third-order valence-electron chi connectivity index (χ3n) is 16.0. The van der Waals surface area contributed by atoms with Crippen LogP contribution in [0.4, 0.5) is 0 Å². The van der Waals surface area contributed by atoms with Crippen molar-refractivity contribution in [2.45, 2.75) is 374 Å². The SMILES string of the molecule is CCCCCCCCCCCCCCCCC(=O)OC[C@H](COP(=O)(O)OC[C@@H](O)COP(=O)(O)OC[C@@H](COC(=O)CCCCCCCCCCC)OC(=O)CCCCCCCCCCC)OC(=O)CCCCCCCCCCCCCCCC(C)C. The Bertz CT molecular complexity index is 1700. The number of hydrogen-bond donors (Lipinski definition) is 3. The van der Waals surface area contributed by atoms with E-state index in [1.54, 1.807) is 0 Å². The quantitative estimate of drug-likeness (QED) is 0.0222. The van der Waals surface area contributed by atoms with E-state index in [1.165, 1.54) is 180 Å². The number of rotatable bonds is 69. The molecular weight excluding hydrogens is 1160 g/mol. The number of carbonyl (C=O) groups is 4. The highest BCUT2D eigenvalue weighted by molar-refractivity contribution is 7.47. The van der Waals surface area contributed by atoms with Crippen LogP contribution < -0.4 is 0 Å². The van der Waals surface area contributed by atoms with E-state index in [-0.39, 0.29) is 25.7 Å². The number of carbonyl (C=O) groups excluding carboxylic acids is 4. The molecule has 2 unspecified atom stereocenters. The maximum absolute atomic E-state index is 13.0. The van der Waals surface area contributed by atoms with E-state index in [0.717, 1.165) is 95.8 Å². The van der Waals surface area contributed by atoms with Crippen molar-refractivity contribution in [3.63, 3.8) is 0 Å². The van der Waals surface area contributed by atoms with Crippen molar-refractivity contribution < 1.29 is 80.2 Å². The zero-order valence-electron chi connectivity index (χ0n) is 56.9. The average Bonchev–Trinajstić information content (AvgIpc) is 3.70. The van der Waals surface area contributed by atoms with Gasteiger partial charge in [-0.3, -0.25) is 37.3 Å². The number of aliphatic hydroxyl groups is 1. The Hall–Kier alpha value is -1.94. The molecule has 0 rings (SSSR count). The van der Waals surface area contributed by atoms with E-state index >= 15 is 0 Å². The Balaban J connectivity index is 5.21. The fourth-order valence-corrected chi connectivity index (χ4v) is 12.0. The minimum atomic E-state index is -4.95. The Morgan fingerprint density at radius 3 is 0.773 bits per heavy atom. The van der Waals surface area contributed by atoms with Crippen molar-refractivity contribution in [1.29, 1.82) is 0 Å². The summed E-state index contributed by atoms with van der Waals surface area (Å²) in [4.78, 5) is 72.4. The van der Waals surface area contributed by atoms with Gasteiger partial charge >= 0.3 is 39.5 Å². The van der Waals surface area contributed by atoms with E-state index in [0.29, 0.717) is 25.7 Å². The van der Waals surface area contributed by atoms with Gasteiger partial charge in [-0.15, -0.1) is 0 Å². The fraction of sp³-hybridized carbons (Fsp3) is 0.942. The zero-order chi connectivity index (χ0) is 64.9. The van der Waals surface area contributed by atoms with Gasteiger partial charge in [-0.05, 0) is 31.6 Å². The molecule has 0 bridgehead atoms. The van der Waals surface area contributed by atoms with Crippen molar-refractivity contribution in [1.82, 2.24) is 0 Å². The van der Waals surface area contributed by atoms with E-state index in [2.05, 4.69) is 34.6 Å². The number of aliphatic hydroxyl groups excluding tert-OH is 1. The van der Waals surface area contributed by atoms with Crippen LogP contribution in [0.1, 0.15) is 356 Å². The van der Waals surface area contributed by atoms with Crippen LogP contribution in [0.15, 0.2) is 0 Å². The summed E-state index contributed by atoms with van der Waals surface area (Å²) in [5.74, 6) is -1.34. The van der Waals surface area contributed by atoms with Crippen molar-refractivity contribution in [2.24, 2.45) is 5.92 Å². The van der Waals surface area contributed by atoms with Gasteiger partial charge in [0.25, 0.3) is 0 Å². The first kappa shape index (κ1) is 86.1.